The Hall–Kier alpha value is -1.42. The first-order valence-corrected chi connectivity index (χ1v) is 9.59. The largest absolute Gasteiger partial charge is 0.265 e. The molecule has 0 radical (unpaired) electrons. The van der Waals surface area contributed by atoms with E-state index in [0.29, 0.717) is 4.58 Å². The summed E-state index contributed by atoms with van der Waals surface area (Å²) in [5.41, 5.74) is 2.61. The maximum Gasteiger partial charge on any atom is 0.0801 e. The highest BCUT2D eigenvalue weighted by molar-refractivity contribution is 8.16. The molecule has 1 aromatic heterocycles. The summed E-state index contributed by atoms with van der Waals surface area (Å²) >= 11 is 9.80. The molecule has 0 aliphatic heterocycles. The lowest BCUT2D eigenvalue weighted by atomic mass is 10.2. The highest BCUT2D eigenvalue weighted by Gasteiger charge is 2.14. The van der Waals surface area contributed by atoms with E-state index >= 15 is 0 Å². The third-order valence-electron chi connectivity index (χ3n) is 3.28. The fraction of sp³-hybridized carbons (Fsp3) is 0.105. The molecule has 1 heterocycles. The van der Waals surface area contributed by atoms with Gasteiger partial charge in [-0.3, -0.25) is 4.98 Å². The fourth-order valence-electron chi connectivity index (χ4n) is 2.10. The molecular weight excluding hydrogens is 342 g/mol. The molecule has 116 valence electrons. The molecule has 0 aliphatic carbocycles. The Morgan fingerprint density at radius 2 is 1.57 bits per heavy atom. The first-order chi connectivity index (χ1) is 11.3. The standard InChI is InChI=1S/C19H16ClNS2/c20-17-8-6-16(7-9-17)19(23-18-10-12-21-13-11-18)22-14-15-4-2-1-3-5-15/h1-13,19H,14H2. The summed E-state index contributed by atoms with van der Waals surface area (Å²) in [6.07, 6.45) is 3.67. The van der Waals surface area contributed by atoms with Crippen molar-refractivity contribution in [3.8, 4) is 0 Å². The third kappa shape index (κ3) is 5.03. The zero-order valence-corrected chi connectivity index (χ0v) is 14.8. The van der Waals surface area contributed by atoms with Crippen LogP contribution in [0.4, 0.5) is 0 Å². The minimum atomic E-state index is 0.315. The lowest BCUT2D eigenvalue weighted by molar-refractivity contribution is 1.25. The second kappa shape index (κ2) is 8.44. The van der Waals surface area contributed by atoms with Crippen molar-refractivity contribution in [2.45, 2.75) is 15.2 Å². The van der Waals surface area contributed by atoms with Crippen molar-refractivity contribution < 1.29 is 0 Å². The minimum absolute atomic E-state index is 0.315. The Morgan fingerprint density at radius 3 is 2.26 bits per heavy atom. The predicted octanol–water partition coefficient (Wildman–Crippen LogP) is 6.46. The molecule has 1 atom stereocenters. The minimum Gasteiger partial charge on any atom is -0.265 e. The number of hydrogen-bond donors (Lipinski definition) is 0. The van der Waals surface area contributed by atoms with Gasteiger partial charge in [-0.15, -0.1) is 23.5 Å². The van der Waals surface area contributed by atoms with Crippen LogP contribution in [-0.4, -0.2) is 4.98 Å². The van der Waals surface area contributed by atoms with E-state index in [9.17, 15) is 0 Å². The summed E-state index contributed by atoms with van der Waals surface area (Å²) in [6, 6.07) is 22.8. The fourth-order valence-corrected chi connectivity index (χ4v) is 4.75. The van der Waals surface area contributed by atoms with Crippen LogP contribution in [-0.2, 0) is 5.75 Å². The SMILES string of the molecule is Clc1ccc(C(SCc2ccccc2)Sc2ccncc2)cc1. The van der Waals surface area contributed by atoms with Crippen LogP contribution in [0.3, 0.4) is 0 Å². The highest BCUT2D eigenvalue weighted by Crippen LogP contribution is 2.44. The number of aromatic nitrogens is 1. The summed E-state index contributed by atoms with van der Waals surface area (Å²) < 4.78 is 0.315. The summed E-state index contributed by atoms with van der Waals surface area (Å²) in [5.74, 6) is 0.978. The van der Waals surface area contributed by atoms with E-state index in [1.165, 1.54) is 16.0 Å². The van der Waals surface area contributed by atoms with Gasteiger partial charge in [-0.1, -0.05) is 54.1 Å². The number of hydrogen-bond acceptors (Lipinski definition) is 3. The molecule has 4 heteroatoms. The summed E-state index contributed by atoms with van der Waals surface area (Å²) in [6.45, 7) is 0. The Balaban J connectivity index is 1.76. The number of benzene rings is 2. The average Bonchev–Trinajstić information content (AvgIpc) is 2.61. The van der Waals surface area contributed by atoms with Gasteiger partial charge in [-0.05, 0) is 35.4 Å². The van der Waals surface area contributed by atoms with Crippen LogP contribution in [0.15, 0.2) is 84.0 Å². The van der Waals surface area contributed by atoms with Crippen molar-refractivity contribution in [2.75, 3.05) is 0 Å². The summed E-state index contributed by atoms with van der Waals surface area (Å²) in [4.78, 5) is 5.32. The monoisotopic (exact) mass is 357 g/mol. The smallest absolute Gasteiger partial charge is 0.0801 e. The molecule has 23 heavy (non-hydrogen) atoms. The van der Waals surface area contributed by atoms with Crippen LogP contribution in [0.5, 0.6) is 0 Å². The average molecular weight is 358 g/mol. The van der Waals surface area contributed by atoms with Gasteiger partial charge in [0, 0.05) is 28.1 Å². The van der Waals surface area contributed by atoms with Crippen molar-refractivity contribution in [2.24, 2.45) is 0 Å². The maximum atomic E-state index is 6.03. The van der Waals surface area contributed by atoms with Crippen LogP contribution in [0, 0.1) is 0 Å². The van der Waals surface area contributed by atoms with E-state index in [1.807, 2.05) is 48.1 Å². The molecule has 0 spiro atoms. The molecule has 0 saturated heterocycles. The number of pyridine rings is 1. The van der Waals surface area contributed by atoms with Gasteiger partial charge in [0.25, 0.3) is 0 Å². The number of halogens is 1. The van der Waals surface area contributed by atoms with Gasteiger partial charge in [0.1, 0.15) is 0 Å². The van der Waals surface area contributed by atoms with E-state index in [1.54, 1.807) is 0 Å². The molecule has 0 amide bonds. The van der Waals surface area contributed by atoms with E-state index in [0.717, 1.165) is 10.8 Å². The molecule has 3 rings (SSSR count). The van der Waals surface area contributed by atoms with Crippen LogP contribution in [0.2, 0.25) is 5.02 Å². The van der Waals surface area contributed by atoms with Crippen LogP contribution in [0.1, 0.15) is 15.7 Å². The van der Waals surface area contributed by atoms with E-state index in [4.69, 9.17) is 11.6 Å². The first-order valence-electron chi connectivity index (χ1n) is 7.29. The second-order valence-electron chi connectivity index (χ2n) is 4.98. The Labute approximate surface area is 150 Å². The molecular formula is C19H16ClNS2. The lowest BCUT2D eigenvalue weighted by Gasteiger charge is -2.17. The molecule has 0 N–H and O–H groups in total. The van der Waals surface area contributed by atoms with Crippen LogP contribution in [0.25, 0.3) is 0 Å². The van der Waals surface area contributed by atoms with Crippen molar-refractivity contribution >= 4 is 35.1 Å². The van der Waals surface area contributed by atoms with E-state index < -0.39 is 0 Å². The van der Waals surface area contributed by atoms with Crippen molar-refractivity contribution in [3.05, 3.63) is 95.3 Å². The summed E-state index contributed by atoms with van der Waals surface area (Å²) in [5, 5.41) is 0.773. The molecule has 0 bridgehead atoms. The zero-order chi connectivity index (χ0) is 15.9. The molecule has 1 unspecified atom stereocenters. The van der Waals surface area contributed by atoms with Crippen molar-refractivity contribution in [1.29, 1.82) is 0 Å². The predicted molar refractivity (Wildman–Crippen MR) is 102 cm³/mol. The number of rotatable bonds is 6. The van der Waals surface area contributed by atoms with Crippen molar-refractivity contribution in [3.63, 3.8) is 0 Å². The van der Waals surface area contributed by atoms with E-state index in [2.05, 4.69) is 59.6 Å². The summed E-state index contributed by atoms with van der Waals surface area (Å²) in [7, 11) is 0. The molecule has 0 saturated carbocycles. The van der Waals surface area contributed by atoms with Gasteiger partial charge in [-0.25, -0.2) is 0 Å². The Bertz CT molecular complexity index is 717. The topological polar surface area (TPSA) is 12.9 Å². The Kier molecular flexibility index (Phi) is 6.03. The number of thioether (sulfide) groups is 2. The maximum absolute atomic E-state index is 6.03. The van der Waals surface area contributed by atoms with Crippen LogP contribution >= 0.6 is 35.1 Å². The first kappa shape index (κ1) is 16.4. The van der Waals surface area contributed by atoms with Gasteiger partial charge in [0.15, 0.2) is 0 Å². The Morgan fingerprint density at radius 1 is 0.870 bits per heavy atom. The van der Waals surface area contributed by atoms with Gasteiger partial charge in [-0.2, -0.15) is 0 Å². The van der Waals surface area contributed by atoms with E-state index in [-0.39, 0.29) is 0 Å². The lowest BCUT2D eigenvalue weighted by Crippen LogP contribution is -1.91. The van der Waals surface area contributed by atoms with Gasteiger partial charge >= 0.3 is 0 Å². The molecule has 2 aromatic carbocycles. The quantitative estimate of drug-likeness (QED) is 0.371. The molecule has 0 fully saturated rings. The van der Waals surface area contributed by atoms with Crippen LogP contribution < -0.4 is 0 Å². The molecule has 1 nitrogen and oxygen atoms in total. The second-order valence-corrected chi connectivity index (χ2v) is 7.99. The zero-order valence-electron chi connectivity index (χ0n) is 12.4. The normalized spacial score (nSPS) is 12.0. The molecule has 3 aromatic rings. The van der Waals surface area contributed by atoms with Gasteiger partial charge < -0.3 is 0 Å². The number of nitrogens with zero attached hydrogens (tertiary/aromatic N) is 1. The third-order valence-corrected chi connectivity index (χ3v) is 6.33. The van der Waals surface area contributed by atoms with Crippen molar-refractivity contribution in [1.82, 2.24) is 4.98 Å². The molecule has 0 aliphatic rings. The van der Waals surface area contributed by atoms with Gasteiger partial charge in [0.2, 0.25) is 0 Å². The van der Waals surface area contributed by atoms with Gasteiger partial charge in [0.05, 0.1) is 4.58 Å². The highest BCUT2D eigenvalue weighted by atomic mass is 35.5.